The van der Waals surface area contributed by atoms with Gasteiger partial charge in [-0.05, 0) is 61.4 Å². The van der Waals surface area contributed by atoms with E-state index >= 15 is 0 Å². The van der Waals surface area contributed by atoms with Crippen molar-refractivity contribution in [3.8, 4) is 28.4 Å². The van der Waals surface area contributed by atoms with Crippen LogP contribution in [0.5, 0.6) is 17.2 Å². The second-order valence-corrected chi connectivity index (χ2v) is 12.8. The van der Waals surface area contributed by atoms with Crippen molar-refractivity contribution in [1.29, 1.82) is 0 Å². The highest BCUT2D eigenvalue weighted by atomic mass is 35.5. The highest BCUT2D eigenvalue weighted by molar-refractivity contribution is 6.35. The molecule has 2 aliphatic heterocycles. The minimum absolute atomic E-state index is 0.110. The van der Waals surface area contributed by atoms with Gasteiger partial charge in [-0.25, -0.2) is 0 Å². The molecule has 0 bridgehead atoms. The zero-order valence-corrected chi connectivity index (χ0v) is 27.1. The van der Waals surface area contributed by atoms with Gasteiger partial charge in [0.05, 0.1) is 29.4 Å². The quantitative estimate of drug-likeness (QED) is 0.186. The number of hydrogen-bond donors (Lipinski definition) is 3. The third-order valence-electron chi connectivity index (χ3n) is 8.76. The van der Waals surface area contributed by atoms with Crippen LogP contribution in [-0.2, 0) is 17.8 Å². The zero-order chi connectivity index (χ0) is 31.3. The number of benzene rings is 3. The van der Waals surface area contributed by atoms with Gasteiger partial charge in [-0.3, -0.25) is 9.69 Å². The van der Waals surface area contributed by atoms with Gasteiger partial charge in [-0.2, -0.15) is 0 Å². The fourth-order valence-corrected chi connectivity index (χ4v) is 6.99. The van der Waals surface area contributed by atoms with Crippen LogP contribution in [-0.4, -0.2) is 67.5 Å². The number of ether oxygens (including phenoxy) is 3. The summed E-state index contributed by atoms with van der Waals surface area (Å²) in [6.45, 7) is 6.70. The van der Waals surface area contributed by atoms with Gasteiger partial charge in [0.1, 0.15) is 23.4 Å². The van der Waals surface area contributed by atoms with Crippen molar-refractivity contribution in [3.63, 3.8) is 0 Å². The van der Waals surface area contributed by atoms with Crippen LogP contribution >= 0.6 is 23.2 Å². The van der Waals surface area contributed by atoms with Gasteiger partial charge in [0, 0.05) is 62.4 Å². The normalized spacial score (nSPS) is 19.7. The van der Waals surface area contributed by atoms with Crippen LogP contribution in [0.4, 0.5) is 0 Å². The van der Waals surface area contributed by atoms with Crippen molar-refractivity contribution in [2.75, 3.05) is 39.4 Å². The number of β-amino-alcohol motifs (C(OH)–C–C–N with tert-alkyl or cyclic N) is 1. The number of nitrogens with one attached hydrogen (secondary N) is 2. The summed E-state index contributed by atoms with van der Waals surface area (Å²) in [6, 6.07) is 16.2. The molecule has 0 spiro atoms. The summed E-state index contributed by atoms with van der Waals surface area (Å²) >= 11 is 13.7. The molecule has 0 radical (unpaired) electrons. The lowest BCUT2D eigenvalue weighted by molar-refractivity contribution is -0.119. The van der Waals surface area contributed by atoms with E-state index in [4.69, 9.17) is 37.4 Å². The highest BCUT2D eigenvalue weighted by Gasteiger charge is 2.29. The summed E-state index contributed by atoms with van der Waals surface area (Å²) in [7, 11) is 0. The minimum atomic E-state index is -0.188. The van der Waals surface area contributed by atoms with Crippen LogP contribution in [0.25, 0.3) is 11.1 Å². The molecule has 1 aliphatic carbocycles. The summed E-state index contributed by atoms with van der Waals surface area (Å²) in [5.41, 5.74) is 5.33. The lowest BCUT2D eigenvalue weighted by atomic mass is 9.96. The molecule has 45 heavy (non-hydrogen) atoms. The second-order valence-electron chi connectivity index (χ2n) is 12.0. The standard InChI is InChI=1S/C35H41Cl2N3O5/c1-2-43-32-17-33(29(36)16-22(32)18-38-19-23-10-13-34(42)39-23)45-30-12-11-26-25(6-3-7-27(26)30)28-8-4-9-31(35(28)37)44-15-5-14-40-20-24(41)21-40/h3-4,6-9,16-17,23-24,30,38,41H,2,5,10-15,18-21H2,1H3,(H,39,42)/t23?,30-/m0/s1. The first kappa shape index (κ1) is 32.0. The predicted molar refractivity (Wildman–Crippen MR) is 177 cm³/mol. The van der Waals surface area contributed by atoms with E-state index in [1.165, 1.54) is 5.56 Å². The molecule has 8 nitrogen and oxygen atoms in total. The van der Waals surface area contributed by atoms with Crippen LogP contribution < -0.4 is 24.8 Å². The van der Waals surface area contributed by atoms with Crippen molar-refractivity contribution in [2.45, 2.75) is 63.8 Å². The fraction of sp³-hybridized carbons (Fsp3) is 0.457. The van der Waals surface area contributed by atoms with Crippen molar-refractivity contribution in [2.24, 2.45) is 0 Å². The van der Waals surface area contributed by atoms with Crippen LogP contribution in [0, 0.1) is 0 Å². The second kappa shape index (κ2) is 14.6. The van der Waals surface area contributed by atoms with Crippen molar-refractivity contribution in [3.05, 3.63) is 75.3 Å². The highest BCUT2D eigenvalue weighted by Crippen LogP contribution is 2.45. The molecule has 3 aliphatic rings. The molecule has 1 unspecified atom stereocenters. The van der Waals surface area contributed by atoms with Gasteiger partial charge >= 0.3 is 0 Å². The van der Waals surface area contributed by atoms with Crippen LogP contribution in [0.3, 0.4) is 0 Å². The number of fused-ring (bicyclic) bond motifs is 1. The zero-order valence-electron chi connectivity index (χ0n) is 25.6. The number of aliphatic hydroxyl groups excluding tert-OH is 1. The lowest BCUT2D eigenvalue weighted by Crippen LogP contribution is -2.50. The molecule has 3 aromatic rings. The summed E-state index contributed by atoms with van der Waals surface area (Å²) in [5.74, 6) is 2.12. The number of likely N-dealkylation sites (tertiary alicyclic amines) is 1. The molecule has 6 rings (SSSR count). The molecule has 2 saturated heterocycles. The summed E-state index contributed by atoms with van der Waals surface area (Å²) in [5, 5.41) is 17.0. The van der Waals surface area contributed by atoms with Gasteiger partial charge in [0.2, 0.25) is 5.91 Å². The molecule has 0 aromatic heterocycles. The van der Waals surface area contributed by atoms with Crippen molar-refractivity contribution < 1.29 is 24.1 Å². The first-order valence-corrected chi connectivity index (χ1v) is 16.7. The molecule has 2 atom stereocenters. The summed E-state index contributed by atoms with van der Waals surface area (Å²) < 4.78 is 18.6. The molecule has 3 N–H and O–H groups in total. The molecule has 240 valence electrons. The van der Waals surface area contributed by atoms with Gasteiger partial charge in [-0.1, -0.05) is 53.5 Å². The van der Waals surface area contributed by atoms with E-state index in [1.807, 2.05) is 37.3 Å². The number of aliphatic hydroxyl groups is 1. The maximum Gasteiger partial charge on any atom is 0.220 e. The Balaban J connectivity index is 1.13. The molecule has 3 aromatic carbocycles. The summed E-state index contributed by atoms with van der Waals surface area (Å²) in [6.07, 6.45) is 3.64. The molecule has 2 fully saturated rings. The van der Waals surface area contributed by atoms with E-state index in [2.05, 4.69) is 33.7 Å². The lowest BCUT2D eigenvalue weighted by Gasteiger charge is -2.35. The first-order chi connectivity index (χ1) is 21.9. The topological polar surface area (TPSA) is 92.3 Å². The molecule has 1 amide bonds. The number of carbonyl (C=O) groups is 1. The minimum Gasteiger partial charge on any atom is -0.493 e. The number of rotatable bonds is 14. The maximum absolute atomic E-state index is 11.5. The number of nitrogens with zero attached hydrogens (tertiary/aromatic N) is 1. The van der Waals surface area contributed by atoms with E-state index in [0.29, 0.717) is 54.3 Å². The number of carbonyl (C=O) groups excluding carboxylic acids is 1. The number of hydrogen-bond acceptors (Lipinski definition) is 7. The Kier molecular flexibility index (Phi) is 10.4. The van der Waals surface area contributed by atoms with Gasteiger partial charge in [-0.15, -0.1) is 0 Å². The van der Waals surface area contributed by atoms with E-state index < -0.39 is 0 Å². The molecular formula is C35H41Cl2N3O5. The average Bonchev–Trinajstić information content (AvgIpc) is 3.62. The Morgan fingerprint density at radius 2 is 1.82 bits per heavy atom. The fourth-order valence-electron chi connectivity index (χ4n) is 6.48. The molecule has 2 heterocycles. The molecule has 0 saturated carbocycles. The third-order valence-corrected chi connectivity index (χ3v) is 9.44. The van der Waals surface area contributed by atoms with E-state index in [-0.39, 0.29) is 24.2 Å². The third kappa shape index (κ3) is 7.53. The smallest absolute Gasteiger partial charge is 0.220 e. The first-order valence-electron chi connectivity index (χ1n) is 16.0. The summed E-state index contributed by atoms with van der Waals surface area (Å²) in [4.78, 5) is 13.7. The van der Waals surface area contributed by atoms with Crippen molar-refractivity contribution in [1.82, 2.24) is 15.5 Å². The number of amides is 1. The Bertz CT molecular complexity index is 1510. The van der Waals surface area contributed by atoms with Crippen LogP contribution in [0.15, 0.2) is 48.5 Å². The Labute approximate surface area is 274 Å². The van der Waals surface area contributed by atoms with Crippen LogP contribution in [0.1, 0.15) is 55.4 Å². The monoisotopic (exact) mass is 653 g/mol. The average molecular weight is 655 g/mol. The predicted octanol–water partition coefficient (Wildman–Crippen LogP) is 5.94. The molecule has 10 heteroatoms. The van der Waals surface area contributed by atoms with E-state index in [1.54, 1.807) is 0 Å². The molecular weight excluding hydrogens is 613 g/mol. The van der Waals surface area contributed by atoms with E-state index in [0.717, 1.165) is 73.3 Å². The Morgan fingerprint density at radius 3 is 2.60 bits per heavy atom. The van der Waals surface area contributed by atoms with Crippen LogP contribution in [0.2, 0.25) is 10.0 Å². The van der Waals surface area contributed by atoms with E-state index in [9.17, 15) is 9.90 Å². The largest absolute Gasteiger partial charge is 0.493 e. The van der Waals surface area contributed by atoms with Gasteiger partial charge < -0.3 is 30.0 Å². The van der Waals surface area contributed by atoms with Gasteiger partial charge in [0.15, 0.2) is 0 Å². The van der Waals surface area contributed by atoms with Gasteiger partial charge in [0.25, 0.3) is 0 Å². The van der Waals surface area contributed by atoms with Crippen molar-refractivity contribution >= 4 is 29.1 Å². The SMILES string of the molecule is CCOc1cc(O[C@H]2CCc3c(-c4cccc(OCCCN5CC(O)C5)c4Cl)cccc32)c(Cl)cc1CNCC1CCC(=O)N1. The Hall–Kier alpha value is -3.01. The Morgan fingerprint density at radius 1 is 1.00 bits per heavy atom. The maximum atomic E-state index is 11.5. The number of halogens is 2.